The molecule has 0 bridgehead atoms. The lowest BCUT2D eigenvalue weighted by Crippen LogP contribution is -2.24. The number of benzene rings is 1. The van der Waals surface area contributed by atoms with Crippen molar-refractivity contribution in [3.63, 3.8) is 0 Å². The fraction of sp³-hybridized carbons (Fsp3) is 0.500. The molecule has 0 saturated heterocycles. The number of nitrogens with one attached hydrogen (secondary N) is 1. The molecule has 0 aliphatic heterocycles. The molecule has 0 fully saturated rings. The van der Waals surface area contributed by atoms with E-state index in [1.165, 1.54) is 5.56 Å². The van der Waals surface area contributed by atoms with Gasteiger partial charge in [0.05, 0.1) is 6.26 Å². The van der Waals surface area contributed by atoms with Crippen LogP contribution in [-0.4, -0.2) is 32.9 Å². The number of hydrogen-bond acceptors (Lipinski definition) is 3. The molecule has 96 valence electrons. The Bertz CT molecular complexity index is 426. The SMILES string of the molecule is CS(=O)(=O)NCCc1ccc(CCCO)cc1. The van der Waals surface area contributed by atoms with E-state index in [1.807, 2.05) is 24.3 Å². The predicted molar refractivity (Wildman–Crippen MR) is 68.4 cm³/mol. The average molecular weight is 257 g/mol. The average Bonchev–Trinajstić information content (AvgIpc) is 2.26. The van der Waals surface area contributed by atoms with Gasteiger partial charge in [0.25, 0.3) is 0 Å². The third-order valence-corrected chi connectivity index (χ3v) is 3.15. The summed E-state index contributed by atoms with van der Waals surface area (Å²) < 4.78 is 24.2. The van der Waals surface area contributed by atoms with Crippen LogP contribution in [0.3, 0.4) is 0 Å². The molecule has 0 radical (unpaired) electrons. The van der Waals surface area contributed by atoms with E-state index in [4.69, 9.17) is 5.11 Å². The van der Waals surface area contributed by atoms with Crippen molar-refractivity contribution < 1.29 is 13.5 Å². The number of hydrogen-bond donors (Lipinski definition) is 2. The molecule has 1 aromatic carbocycles. The van der Waals surface area contributed by atoms with Crippen molar-refractivity contribution >= 4 is 10.0 Å². The van der Waals surface area contributed by atoms with Gasteiger partial charge >= 0.3 is 0 Å². The van der Waals surface area contributed by atoms with Gasteiger partial charge in [-0.05, 0) is 30.4 Å². The molecule has 5 heteroatoms. The molecule has 0 spiro atoms. The highest BCUT2D eigenvalue weighted by molar-refractivity contribution is 7.88. The highest BCUT2D eigenvalue weighted by Gasteiger charge is 2.00. The van der Waals surface area contributed by atoms with Gasteiger partial charge in [0.1, 0.15) is 0 Å². The molecule has 0 heterocycles. The molecule has 0 saturated carbocycles. The summed E-state index contributed by atoms with van der Waals surface area (Å²) >= 11 is 0. The van der Waals surface area contributed by atoms with Gasteiger partial charge in [0.2, 0.25) is 10.0 Å². The fourth-order valence-corrected chi connectivity index (χ4v) is 2.01. The predicted octanol–water partition coefficient (Wildman–Crippen LogP) is 0.703. The monoisotopic (exact) mass is 257 g/mol. The van der Waals surface area contributed by atoms with Gasteiger partial charge in [-0.15, -0.1) is 0 Å². The summed E-state index contributed by atoms with van der Waals surface area (Å²) in [5, 5.41) is 8.71. The summed E-state index contributed by atoms with van der Waals surface area (Å²) in [6.07, 6.45) is 3.49. The first-order valence-corrected chi connectivity index (χ1v) is 7.54. The topological polar surface area (TPSA) is 66.4 Å². The van der Waals surface area contributed by atoms with Gasteiger partial charge < -0.3 is 5.11 Å². The lowest BCUT2D eigenvalue weighted by molar-refractivity contribution is 0.288. The van der Waals surface area contributed by atoms with Crippen molar-refractivity contribution in [3.05, 3.63) is 35.4 Å². The first-order chi connectivity index (χ1) is 8.01. The number of aryl methyl sites for hydroxylation is 1. The minimum Gasteiger partial charge on any atom is -0.396 e. The summed E-state index contributed by atoms with van der Waals surface area (Å²) in [5.41, 5.74) is 2.30. The van der Waals surface area contributed by atoms with Gasteiger partial charge in [-0.3, -0.25) is 0 Å². The summed E-state index contributed by atoms with van der Waals surface area (Å²) in [5.74, 6) is 0. The molecule has 1 rings (SSSR count). The maximum absolute atomic E-state index is 10.9. The van der Waals surface area contributed by atoms with Crippen LogP contribution < -0.4 is 4.72 Å². The molecule has 0 aromatic heterocycles. The molecular formula is C12H19NO3S. The van der Waals surface area contributed by atoms with E-state index in [0.29, 0.717) is 13.0 Å². The third kappa shape index (κ3) is 6.41. The Morgan fingerprint density at radius 1 is 1.12 bits per heavy atom. The second kappa shape index (κ2) is 6.74. The number of aliphatic hydroxyl groups is 1. The second-order valence-electron chi connectivity index (χ2n) is 4.06. The number of sulfonamides is 1. The standard InChI is InChI=1S/C12H19NO3S/c1-17(15,16)13-9-8-12-6-4-11(5-7-12)3-2-10-14/h4-7,13-14H,2-3,8-10H2,1H3. The first kappa shape index (κ1) is 14.2. The van der Waals surface area contributed by atoms with Crippen LogP contribution in [0.1, 0.15) is 17.5 Å². The van der Waals surface area contributed by atoms with Gasteiger partial charge in [-0.1, -0.05) is 24.3 Å². The largest absolute Gasteiger partial charge is 0.396 e. The van der Waals surface area contributed by atoms with Crippen molar-refractivity contribution in [1.29, 1.82) is 0 Å². The van der Waals surface area contributed by atoms with Crippen molar-refractivity contribution in [2.45, 2.75) is 19.3 Å². The number of aliphatic hydroxyl groups excluding tert-OH is 1. The van der Waals surface area contributed by atoms with E-state index in [2.05, 4.69) is 4.72 Å². The van der Waals surface area contributed by atoms with Crippen LogP contribution in [-0.2, 0) is 22.9 Å². The lowest BCUT2D eigenvalue weighted by Gasteiger charge is -2.04. The highest BCUT2D eigenvalue weighted by atomic mass is 32.2. The first-order valence-electron chi connectivity index (χ1n) is 5.64. The van der Waals surface area contributed by atoms with Crippen LogP contribution in [0.5, 0.6) is 0 Å². The van der Waals surface area contributed by atoms with Crippen LogP contribution in [0.25, 0.3) is 0 Å². The van der Waals surface area contributed by atoms with Crippen molar-refractivity contribution in [2.75, 3.05) is 19.4 Å². The van der Waals surface area contributed by atoms with Crippen LogP contribution in [0.4, 0.5) is 0 Å². The smallest absolute Gasteiger partial charge is 0.208 e. The molecule has 4 nitrogen and oxygen atoms in total. The van der Waals surface area contributed by atoms with Crippen LogP contribution in [0.15, 0.2) is 24.3 Å². The summed E-state index contributed by atoms with van der Waals surface area (Å²) in [6.45, 7) is 0.634. The van der Waals surface area contributed by atoms with Gasteiger partial charge in [0.15, 0.2) is 0 Å². The van der Waals surface area contributed by atoms with E-state index in [0.717, 1.165) is 24.7 Å². The van der Waals surface area contributed by atoms with E-state index >= 15 is 0 Å². The normalized spacial score (nSPS) is 11.6. The maximum Gasteiger partial charge on any atom is 0.208 e. The highest BCUT2D eigenvalue weighted by Crippen LogP contribution is 2.07. The van der Waals surface area contributed by atoms with Crippen molar-refractivity contribution in [2.24, 2.45) is 0 Å². The second-order valence-corrected chi connectivity index (χ2v) is 5.89. The molecule has 0 unspecified atom stereocenters. The molecule has 0 amide bonds. The van der Waals surface area contributed by atoms with E-state index < -0.39 is 10.0 Å². The number of rotatable bonds is 7. The summed E-state index contributed by atoms with van der Waals surface area (Å²) in [7, 11) is -3.09. The Morgan fingerprint density at radius 3 is 2.12 bits per heavy atom. The maximum atomic E-state index is 10.9. The summed E-state index contributed by atoms with van der Waals surface area (Å²) in [4.78, 5) is 0. The van der Waals surface area contributed by atoms with E-state index in [-0.39, 0.29) is 6.61 Å². The van der Waals surface area contributed by atoms with Crippen LogP contribution in [0.2, 0.25) is 0 Å². The summed E-state index contributed by atoms with van der Waals surface area (Å²) in [6, 6.07) is 8.03. The minimum absolute atomic E-state index is 0.208. The zero-order chi connectivity index (χ0) is 12.7. The quantitative estimate of drug-likeness (QED) is 0.756. The van der Waals surface area contributed by atoms with Gasteiger partial charge in [0, 0.05) is 13.2 Å². The molecular weight excluding hydrogens is 238 g/mol. The van der Waals surface area contributed by atoms with E-state index in [9.17, 15) is 8.42 Å². The lowest BCUT2D eigenvalue weighted by atomic mass is 10.1. The van der Waals surface area contributed by atoms with Crippen molar-refractivity contribution in [3.8, 4) is 0 Å². The molecule has 0 aliphatic rings. The molecule has 1 aromatic rings. The van der Waals surface area contributed by atoms with E-state index in [1.54, 1.807) is 0 Å². The third-order valence-electron chi connectivity index (χ3n) is 2.42. The minimum atomic E-state index is -3.09. The van der Waals surface area contributed by atoms with Crippen LogP contribution >= 0.6 is 0 Å². The molecule has 17 heavy (non-hydrogen) atoms. The van der Waals surface area contributed by atoms with Crippen LogP contribution in [0, 0.1) is 0 Å². The Hall–Kier alpha value is -0.910. The Balaban J connectivity index is 2.40. The Labute approximate surface area is 103 Å². The zero-order valence-corrected chi connectivity index (χ0v) is 10.8. The van der Waals surface area contributed by atoms with Gasteiger partial charge in [-0.25, -0.2) is 13.1 Å². The Kier molecular flexibility index (Phi) is 5.61. The molecule has 0 atom stereocenters. The Morgan fingerprint density at radius 2 is 1.65 bits per heavy atom. The fourth-order valence-electron chi connectivity index (χ4n) is 1.54. The molecule has 0 aliphatic carbocycles. The van der Waals surface area contributed by atoms with Crippen molar-refractivity contribution in [1.82, 2.24) is 4.72 Å². The van der Waals surface area contributed by atoms with Gasteiger partial charge in [-0.2, -0.15) is 0 Å². The zero-order valence-electron chi connectivity index (χ0n) is 10.0. The molecule has 2 N–H and O–H groups in total.